The Morgan fingerprint density at radius 2 is 2.00 bits per heavy atom. The van der Waals surface area contributed by atoms with Gasteiger partial charge < -0.3 is 5.32 Å². The number of carbonyl (C=O) groups is 1. The summed E-state index contributed by atoms with van der Waals surface area (Å²) < 4.78 is 40.7. The molecule has 0 saturated carbocycles. The molecule has 2 aromatic carbocycles. The fourth-order valence-corrected chi connectivity index (χ4v) is 3.29. The van der Waals surface area contributed by atoms with Crippen molar-refractivity contribution < 1.29 is 18.0 Å². The van der Waals surface area contributed by atoms with Gasteiger partial charge in [-0.1, -0.05) is 41.6 Å². The highest BCUT2D eigenvalue weighted by Gasteiger charge is 2.33. The summed E-state index contributed by atoms with van der Waals surface area (Å²) in [6.07, 6.45) is -3.08. The second kappa shape index (κ2) is 8.24. The molecule has 5 nitrogen and oxygen atoms in total. The molecule has 0 unspecified atom stereocenters. The fraction of sp³-hybridized carbons (Fsp3) is 0.167. The van der Waals surface area contributed by atoms with E-state index in [1.165, 1.54) is 24.5 Å². The van der Waals surface area contributed by atoms with Gasteiger partial charge >= 0.3 is 6.18 Å². The van der Waals surface area contributed by atoms with E-state index >= 15 is 0 Å². The van der Waals surface area contributed by atoms with Crippen molar-refractivity contribution in [2.45, 2.75) is 18.3 Å². The van der Waals surface area contributed by atoms with Gasteiger partial charge in [0.05, 0.1) is 22.7 Å². The van der Waals surface area contributed by atoms with Gasteiger partial charge in [-0.2, -0.15) is 13.2 Å². The number of anilines is 1. The van der Waals surface area contributed by atoms with Gasteiger partial charge in [0.25, 0.3) is 0 Å². The number of hydrogen-bond acceptors (Lipinski definition) is 4. The van der Waals surface area contributed by atoms with Crippen LogP contribution in [0, 0.1) is 6.92 Å². The van der Waals surface area contributed by atoms with E-state index in [0.717, 1.165) is 23.4 Å². The van der Waals surface area contributed by atoms with Gasteiger partial charge in [0.15, 0.2) is 5.16 Å². The molecule has 10 heteroatoms. The molecule has 1 heterocycles. The number of alkyl halides is 3. The quantitative estimate of drug-likeness (QED) is 0.584. The van der Waals surface area contributed by atoms with Crippen LogP contribution in [0.4, 0.5) is 18.9 Å². The molecule has 0 aliphatic rings. The Bertz CT molecular complexity index is 1010. The van der Waals surface area contributed by atoms with E-state index in [4.69, 9.17) is 11.6 Å². The number of amides is 1. The number of aryl methyl sites for hydroxylation is 1. The molecule has 0 bridgehead atoms. The molecular formula is C18H14ClF3N4OS. The van der Waals surface area contributed by atoms with Crippen molar-refractivity contribution in [3.05, 3.63) is 64.9 Å². The molecule has 0 atom stereocenters. The number of halogens is 4. The normalized spacial score (nSPS) is 11.5. The molecule has 1 N–H and O–H groups in total. The maximum atomic E-state index is 13.0. The van der Waals surface area contributed by atoms with Crippen LogP contribution in [0.15, 0.2) is 53.9 Å². The monoisotopic (exact) mass is 426 g/mol. The van der Waals surface area contributed by atoms with Gasteiger partial charge in [-0.25, -0.2) is 0 Å². The summed E-state index contributed by atoms with van der Waals surface area (Å²) in [7, 11) is 0. The van der Waals surface area contributed by atoms with Crippen LogP contribution in [0.1, 0.15) is 11.1 Å². The van der Waals surface area contributed by atoms with Crippen LogP contribution in [0.5, 0.6) is 0 Å². The molecule has 0 spiro atoms. The number of aromatic nitrogens is 3. The van der Waals surface area contributed by atoms with Gasteiger partial charge in [0.1, 0.15) is 6.33 Å². The average Bonchev–Trinajstić information content (AvgIpc) is 3.10. The predicted molar refractivity (Wildman–Crippen MR) is 102 cm³/mol. The Morgan fingerprint density at radius 3 is 2.71 bits per heavy atom. The lowest BCUT2D eigenvalue weighted by Crippen LogP contribution is -2.18. The minimum absolute atomic E-state index is 0.134. The van der Waals surface area contributed by atoms with E-state index in [2.05, 4.69) is 15.5 Å². The van der Waals surface area contributed by atoms with Crippen molar-refractivity contribution >= 4 is 35.0 Å². The molecule has 3 rings (SSSR count). The maximum absolute atomic E-state index is 13.0. The minimum atomic E-state index is -4.55. The number of nitrogens with zero attached hydrogens (tertiary/aromatic N) is 3. The number of hydrogen-bond donors (Lipinski definition) is 1. The van der Waals surface area contributed by atoms with E-state index in [-0.39, 0.29) is 11.4 Å². The summed E-state index contributed by atoms with van der Waals surface area (Å²) in [5.41, 5.74) is 0.444. The van der Waals surface area contributed by atoms with E-state index in [1.807, 2.05) is 19.1 Å². The maximum Gasteiger partial charge on any atom is 0.418 e. The van der Waals surface area contributed by atoms with Crippen LogP contribution in [-0.2, 0) is 11.0 Å². The first-order valence-electron chi connectivity index (χ1n) is 8.01. The second-order valence-corrected chi connectivity index (χ2v) is 7.15. The molecule has 0 aliphatic heterocycles. The highest BCUT2D eigenvalue weighted by atomic mass is 35.5. The lowest BCUT2D eigenvalue weighted by atomic mass is 10.1. The number of carbonyl (C=O) groups excluding carboxylic acids is 1. The van der Waals surface area contributed by atoms with Crippen molar-refractivity contribution in [1.29, 1.82) is 0 Å². The summed E-state index contributed by atoms with van der Waals surface area (Å²) in [6, 6.07) is 10.2. The van der Waals surface area contributed by atoms with Crippen LogP contribution in [0.3, 0.4) is 0 Å². The fourth-order valence-electron chi connectivity index (χ4n) is 2.39. The summed E-state index contributed by atoms with van der Waals surface area (Å²) in [4.78, 5) is 12.2. The number of benzene rings is 2. The number of rotatable bonds is 5. The third kappa shape index (κ3) is 4.66. The van der Waals surface area contributed by atoms with Gasteiger partial charge in [0.2, 0.25) is 5.91 Å². The number of thioether (sulfide) groups is 1. The lowest BCUT2D eigenvalue weighted by Gasteiger charge is -2.13. The van der Waals surface area contributed by atoms with Crippen molar-refractivity contribution in [1.82, 2.24) is 14.8 Å². The Balaban J connectivity index is 1.70. The SMILES string of the molecule is Cc1ccc(-n2cnnc2SCC(=O)Nc2ccccc2C(F)(F)F)cc1Cl. The van der Waals surface area contributed by atoms with Gasteiger partial charge in [-0.05, 0) is 36.8 Å². The van der Waals surface area contributed by atoms with Gasteiger partial charge in [-0.15, -0.1) is 10.2 Å². The van der Waals surface area contributed by atoms with Crippen LogP contribution < -0.4 is 5.32 Å². The molecule has 0 radical (unpaired) electrons. The summed E-state index contributed by atoms with van der Waals surface area (Å²) in [6.45, 7) is 1.87. The first kappa shape index (κ1) is 20.2. The van der Waals surface area contributed by atoms with Crippen LogP contribution >= 0.6 is 23.4 Å². The summed E-state index contributed by atoms with van der Waals surface area (Å²) >= 11 is 7.19. The predicted octanol–water partition coefficient (Wildman–Crippen LogP) is 4.98. The molecule has 0 aliphatic carbocycles. The second-order valence-electron chi connectivity index (χ2n) is 5.80. The zero-order chi connectivity index (χ0) is 20.3. The highest BCUT2D eigenvalue weighted by molar-refractivity contribution is 7.99. The summed E-state index contributed by atoms with van der Waals surface area (Å²) in [5, 5.41) is 11.1. The van der Waals surface area contributed by atoms with E-state index in [1.54, 1.807) is 10.6 Å². The van der Waals surface area contributed by atoms with Crippen molar-refractivity contribution in [3.8, 4) is 5.69 Å². The standard InChI is InChI=1S/C18H14ClF3N4OS/c1-11-6-7-12(8-14(11)19)26-10-23-25-17(26)28-9-16(27)24-15-5-3-2-4-13(15)18(20,21)22/h2-8,10H,9H2,1H3,(H,24,27). The van der Waals surface area contributed by atoms with Crippen LogP contribution in [0.2, 0.25) is 5.02 Å². The molecule has 1 aromatic heterocycles. The molecule has 146 valence electrons. The molecule has 28 heavy (non-hydrogen) atoms. The van der Waals surface area contributed by atoms with Crippen molar-refractivity contribution in [3.63, 3.8) is 0 Å². The van der Waals surface area contributed by atoms with E-state index < -0.39 is 17.6 Å². The van der Waals surface area contributed by atoms with Gasteiger partial charge in [0, 0.05) is 5.02 Å². The van der Waals surface area contributed by atoms with Crippen LogP contribution in [-0.4, -0.2) is 26.4 Å². The third-order valence-electron chi connectivity index (χ3n) is 3.79. The Morgan fingerprint density at radius 1 is 1.25 bits per heavy atom. The van der Waals surface area contributed by atoms with Crippen LogP contribution in [0.25, 0.3) is 5.69 Å². The zero-order valence-corrected chi connectivity index (χ0v) is 16.1. The van der Waals surface area contributed by atoms with E-state index in [0.29, 0.717) is 15.9 Å². The Labute approximate surface area is 167 Å². The first-order valence-corrected chi connectivity index (χ1v) is 9.37. The molecule has 0 saturated heterocycles. The molecule has 0 fully saturated rings. The topological polar surface area (TPSA) is 59.8 Å². The molecular weight excluding hydrogens is 413 g/mol. The van der Waals surface area contributed by atoms with Crippen molar-refractivity contribution in [2.75, 3.05) is 11.1 Å². The minimum Gasteiger partial charge on any atom is -0.325 e. The smallest absolute Gasteiger partial charge is 0.325 e. The highest BCUT2D eigenvalue weighted by Crippen LogP contribution is 2.34. The third-order valence-corrected chi connectivity index (χ3v) is 5.14. The number of para-hydroxylation sites is 1. The molecule has 1 amide bonds. The Hall–Kier alpha value is -2.52. The zero-order valence-electron chi connectivity index (χ0n) is 14.5. The largest absolute Gasteiger partial charge is 0.418 e. The first-order chi connectivity index (χ1) is 13.3. The summed E-state index contributed by atoms with van der Waals surface area (Å²) in [5.74, 6) is -0.719. The number of nitrogens with one attached hydrogen (secondary N) is 1. The Kier molecular flexibility index (Phi) is 5.95. The van der Waals surface area contributed by atoms with Crippen molar-refractivity contribution in [2.24, 2.45) is 0 Å². The lowest BCUT2D eigenvalue weighted by molar-refractivity contribution is -0.137. The average molecular weight is 427 g/mol. The molecule has 3 aromatic rings. The van der Waals surface area contributed by atoms with Gasteiger partial charge in [-0.3, -0.25) is 9.36 Å². The van der Waals surface area contributed by atoms with E-state index in [9.17, 15) is 18.0 Å².